The molecule has 1 aliphatic rings. The highest BCUT2D eigenvalue weighted by Crippen LogP contribution is 2.35. The van der Waals surface area contributed by atoms with Crippen LogP contribution in [0.1, 0.15) is 30.1 Å². The second-order valence-electron chi connectivity index (χ2n) is 7.62. The fraction of sp³-hybridized carbons (Fsp3) is 0.286. The highest BCUT2D eigenvalue weighted by molar-refractivity contribution is 6.08. The summed E-state index contributed by atoms with van der Waals surface area (Å²) in [6, 6.07) is 7.40. The van der Waals surface area contributed by atoms with E-state index in [0.29, 0.717) is 46.0 Å². The lowest BCUT2D eigenvalue weighted by molar-refractivity contribution is 0.0827. The number of hydrogen-bond donors (Lipinski definition) is 3. The summed E-state index contributed by atoms with van der Waals surface area (Å²) < 4.78 is 6.67. The molecule has 1 aromatic carbocycles. The van der Waals surface area contributed by atoms with Crippen LogP contribution in [0.25, 0.3) is 33.8 Å². The molecule has 0 aliphatic carbocycles. The fourth-order valence-corrected chi connectivity index (χ4v) is 4.09. The van der Waals surface area contributed by atoms with Crippen LogP contribution in [0, 0.1) is 0 Å². The number of imidazole rings is 1. The number of benzene rings is 1. The molecule has 3 aromatic heterocycles. The molecule has 0 atom stereocenters. The van der Waals surface area contributed by atoms with E-state index in [0.717, 1.165) is 31.5 Å². The quantitative estimate of drug-likeness (QED) is 0.401. The Morgan fingerprint density at radius 2 is 1.94 bits per heavy atom. The van der Waals surface area contributed by atoms with E-state index in [2.05, 4.69) is 20.7 Å². The molecular weight excluding hydrogens is 410 g/mol. The predicted octanol–water partition coefficient (Wildman–Crippen LogP) is 2.07. The van der Waals surface area contributed by atoms with Crippen molar-refractivity contribution in [1.29, 1.82) is 0 Å². The maximum Gasteiger partial charge on any atom is 0.269 e. The third-order valence-corrected chi connectivity index (χ3v) is 5.64. The Labute approximate surface area is 183 Å². The third kappa shape index (κ3) is 3.23. The molecule has 5 rings (SSSR count). The van der Waals surface area contributed by atoms with E-state index in [4.69, 9.17) is 21.1 Å². The third-order valence-electron chi connectivity index (χ3n) is 5.64. The SMILES string of the molecule is CCn1c(-c2nonc2N)nc2c(-c3ccccc3N)ncc(C(=O)NN3CCCC3)c21. The molecule has 4 heterocycles. The number of nitrogens with two attached hydrogens (primary N) is 2. The number of hydrazine groups is 1. The van der Waals surface area contributed by atoms with Gasteiger partial charge in [0.1, 0.15) is 11.2 Å². The number of nitrogens with one attached hydrogen (secondary N) is 1. The van der Waals surface area contributed by atoms with Gasteiger partial charge in [-0.3, -0.25) is 15.2 Å². The zero-order valence-electron chi connectivity index (χ0n) is 17.6. The number of fused-ring (bicyclic) bond motifs is 1. The molecule has 4 aromatic rings. The lowest BCUT2D eigenvalue weighted by atomic mass is 10.1. The number of anilines is 2. The summed E-state index contributed by atoms with van der Waals surface area (Å²) in [7, 11) is 0. The Balaban J connectivity index is 1.75. The summed E-state index contributed by atoms with van der Waals surface area (Å²) in [4.78, 5) is 22.6. The number of nitrogen functional groups attached to an aromatic ring is 2. The van der Waals surface area contributed by atoms with Crippen molar-refractivity contribution in [2.24, 2.45) is 0 Å². The predicted molar refractivity (Wildman–Crippen MR) is 119 cm³/mol. The number of carbonyl (C=O) groups is 1. The largest absolute Gasteiger partial charge is 0.398 e. The number of para-hydroxylation sites is 1. The number of aryl methyl sites for hydroxylation is 1. The minimum absolute atomic E-state index is 0.117. The summed E-state index contributed by atoms with van der Waals surface area (Å²) in [6.45, 7) is 4.10. The van der Waals surface area contributed by atoms with Crippen molar-refractivity contribution in [2.45, 2.75) is 26.3 Å². The van der Waals surface area contributed by atoms with Crippen LogP contribution in [0.2, 0.25) is 0 Å². The van der Waals surface area contributed by atoms with Crippen molar-refractivity contribution in [3.63, 3.8) is 0 Å². The van der Waals surface area contributed by atoms with Crippen LogP contribution in [0.15, 0.2) is 35.1 Å². The van der Waals surface area contributed by atoms with Gasteiger partial charge in [-0.1, -0.05) is 18.2 Å². The average Bonchev–Trinajstić information content (AvgIpc) is 3.53. The van der Waals surface area contributed by atoms with Crippen molar-refractivity contribution < 1.29 is 9.42 Å². The number of rotatable bonds is 5. The van der Waals surface area contributed by atoms with Crippen LogP contribution < -0.4 is 16.9 Å². The van der Waals surface area contributed by atoms with E-state index in [9.17, 15) is 4.79 Å². The van der Waals surface area contributed by atoms with Gasteiger partial charge in [-0.05, 0) is 36.1 Å². The summed E-state index contributed by atoms with van der Waals surface area (Å²) in [5.74, 6) is 0.316. The number of aromatic nitrogens is 5. The van der Waals surface area contributed by atoms with Crippen LogP contribution in [0.5, 0.6) is 0 Å². The smallest absolute Gasteiger partial charge is 0.269 e. The lowest BCUT2D eigenvalue weighted by Gasteiger charge is -2.17. The molecule has 0 bridgehead atoms. The molecule has 0 saturated carbocycles. The number of pyridine rings is 1. The normalized spacial score (nSPS) is 14.3. The molecule has 0 unspecified atom stereocenters. The van der Waals surface area contributed by atoms with E-state index in [-0.39, 0.29) is 11.7 Å². The lowest BCUT2D eigenvalue weighted by Crippen LogP contribution is -2.40. The zero-order chi connectivity index (χ0) is 22.2. The van der Waals surface area contributed by atoms with Crippen LogP contribution in [-0.2, 0) is 6.54 Å². The van der Waals surface area contributed by atoms with Crippen LogP contribution >= 0.6 is 0 Å². The molecule has 1 aliphatic heterocycles. The molecule has 11 heteroatoms. The van der Waals surface area contributed by atoms with E-state index < -0.39 is 0 Å². The fourth-order valence-electron chi connectivity index (χ4n) is 4.09. The summed E-state index contributed by atoms with van der Waals surface area (Å²) in [6.07, 6.45) is 3.67. The van der Waals surface area contributed by atoms with E-state index >= 15 is 0 Å². The van der Waals surface area contributed by atoms with Crippen molar-refractivity contribution in [2.75, 3.05) is 24.6 Å². The molecule has 1 fully saturated rings. The van der Waals surface area contributed by atoms with Crippen molar-refractivity contribution in [3.8, 4) is 22.8 Å². The summed E-state index contributed by atoms with van der Waals surface area (Å²) in [5, 5.41) is 9.52. The number of amides is 1. The molecule has 1 saturated heterocycles. The first-order valence-electron chi connectivity index (χ1n) is 10.5. The van der Waals surface area contributed by atoms with Gasteiger partial charge >= 0.3 is 0 Å². The van der Waals surface area contributed by atoms with Crippen molar-refractivity contribution in [1.82, 2.24) is 35.3 Å². The minimum Gasteiger partial charge on any atom is -0.398 e. The standard InChI is InChI=1S/C21H23N9O2/c1-2-30-18-13(21(31)26-29-9-5-6-10-29)11-24-15(12-7-3-4-8-14(12)22)16(18)25-20(30)17-19(23)28-32-27-17/h3-4,7-8,11H,2,5-6,9-10,22H2,1H3,(H2,23,28)(H,26,31). The van der Waals surface area contributed by atoms with Gasteiger partial charge in [0.15, 0.2) is 17.3 Å². The molecule has 0 radical (unpaired) electrons. The minimum atomic E-state index is -0.246. The van der Waals surface area contributed by atoms with Gasteiger partial charge in [-0.2, -0.15) is 0 Å². The first-order valence-corrected chi connectivity index (χ1v) is 10.5. The van der Waals surface area contributed by atoms with Gasteiger partial charge in [0, 0.05) is 37.1 Å². The highest BCUT2D eigenvalue weighted by atomic mass is 16.6. The van der Waals surface area contributed by atoms with Gasteiger partial charge in [0.05, 0.1) is 11.1 Å². The highest BCUT2D eigenvalue weighted by Gasteiger charge is 2.27. The Morgan fingerprint density at radius 3 is 2.62 bits per heavy atom. The molecule has 0 spiro atoms. The average molecular weight is 433 g/mol. The Morgan fingerprint density at radius 1 is 1.16 bits per heavy atom. The Kier molecular flexibility index (Phi) is 4.94. The summed E-state index contributed by atoms with van der Waals surface area (Å²) in [5.41, 5.74) is 18.9. The van der Waals surface area contributed by atoms with Gasteiger partial charge in [-0.25, -0.2) is 14.6 Å². The molecule has 164 valence electrons. The van der Waals surface area contributed by atoms with Crippen molar-refractivity contribution in [3.05, 3.63) is 36.0 Å². The van der Waals surface area contributed by atoms with Crippen LogP contribution in [0.4, 0.5) is 11.5 Å². The second-order valence-corrected chi connectivity index (χ2v) is 7.62. The molecule has 11 nitrogen and oxygen atoms in total. The number of hydrogen-bond acceptors (Lipinski definition) is 9. The maximum atomic E-state index is 13.2. The van der Waals surface area contributed by atoms with Gasteiger partial charge in [0.2, 0.25) is 0 Å². The van der Waals surface area contributed by atoms with E-state index in [1.807, 2.05) is 34.7 Å². The van der Waals surface area contributed by atoms with Crippen molar-refractivity contribution >= 4 is 28.4 Å². The van der Waals surface area contributed by atoms with E-state index in [1.54, 1.807) is 12.3 Å². The number of carbonyl (C=O) groups excluding carboxylic acids is 1. The van der Waals surface area contributed by atoms with E-state index in [1.165, 1.54) is 0 Å². The second kappa shape index (κ2) is 7.93. The Bertz CT molecular complexity index is 1300. The molecule has 1 amide bonds. The van der Waals surface area contributed by atoms with Gasteiger partial charge < -0.3 is 16.0 Å². The van der Waals surface area contributed by atoms with Gasteiger partial charge in [0.25, 0.3) is 5.91 Å². The molecular formula is C21H23N9O2. The topological polar surface area (TPSA) is 154 Å². The van der Waals surface area contributed by atoms with Crippen LogP contribution in [0.3, 0.4) is 0 Å². The zero-order valence-corrected chi connectivity index (χ0v) is 17.6. The summed E-state index contributed by atoms with van der Waals surface area (Å²) >= 11 is 0. The van der Waals surface area contributed by atoms with Gasteiger partial charge in [-0.15, -0.1) is 0 Å². The first-order chi connectivity index (χ1) is 15.6. The molecule has 32 heavy (non-hydrogen) atoms. The van der Waals surface area contributed by atoms with Crippen LogP contribution in [-0.4, -0.2) is 48.9 Å². The monoisotopic (exact) mass is 433 g/mol. The molecule has 5 N–H and O–H groups in total. The Hall–Kier alpha value is -3.99. The number of nitrogens with zero attached hydrogens (tertiary/aromatic N) is 6. The maximum absolute atomic E-state index is 13.2. The first kappa shape index (κ1) is 19.9.